The van der Waals surface area contributed by atoms with Crippen molar-refractivity contribution in [1.29, 1.82) is 0 Å². The van der Waals surface area contributed by atoms with Crippen LogP contribution in [0.3, 0.4) is 0 Å². The van der Waals surface area contributed by atoms with Crippen LogP contribution in [-0.2, 0) is 23.3 Å². The van der Waals surface area contributed by atoms with Gasteiger partial charge in [-0.25, -0.2) is 0 Å². The van der Waals surface area contributed by atoms with Gasteiger partial charge in [0.25, 0.3) is 0 Å². The molecule has 0 spiro atoms. The Labute approximate surface area is 126 Å². The average molecular weight is 287 g/mol. The molecule has 0 saturated carbocycles. The molecule has 0 bridgehead atoms. The molecule has 1 aromatic heterocycles. The topological polar surface area (TPSA) is 49.9 Å². The minimum absolute atomic E-state index is 0.0737. The highest BCUT2D eigenvalue weighted by Crippen LogP contribution is 2.24. The van der Waals surface area contributed by atoms with Gasteiger partial charge in [0, 0.05) is 35.5 Å². The normalized spacial score (nSPS) is 11.6. The Morgan fingerprint density at radius 1 is 1.29 bits per heavy atom. The third-order valence-corrected chi connectivity index (χ3v) is 3.35. The molecule has 0 unspecified atom stereocenters. The SMILES string of the molecule is CCOCc1cccc(NCc2cn[nH]c2C(C)(C)C)c1. The second-order valence-electron chi connectivity index (χ2n) is 6.21. The second kappa shape index (κ2) is 6.76. The number of benzene rings is 1. The van der Waals surface area contributed by atoms with Gasteiger partial charge in [0.05, 0.1) is 12.8 Å². The quantitative estimate of drug-likeness (QED) is 0.848. The van der Waals surface area contributed by atoms with Crippen LogP contribution in [0.15, 0.2) is 30.5 Å². The van der Waals surface area contributed by atoms with Crippen LogP contribution < -0.4 is 5.32 Å². The first-order valence-electron chi connectivity index (χ1n) is 7.44. The van der Waals surface area contributed by atoms with E-state index in [9.17, 15) is 0 Å². The van der Waals surface area contributed by atoms with Crippen LogP contribution in [0.25, 0.3) is 0 Å². The number of nitrogens with one attached hydrogen (secondary N) is 2. The van der Waals surface area contributed by atoms with Gasteiger partial charge < -0.3 is 10.1 Å². The monoisotopic (exact) mass is 287 g/mol. The molecule has 0 aliphatic heterocycles. The van der Waals surface area contributed by atoms with E-state index in [0.717, 1.165) is 18.8 Å². The Morgan fingerprint density at radius 2 is 2.10 bits per heavy atom. The molecule has 1 heterocycles. The molecule has 4 nitrogen and oxygen atoms in total. The molecule has 1 aromatic carbocycles. The van der Waals surface area contributed by atoms with E-state index in [0.29, 0.717) is 6.61 Å². The predicted molar refractivity (Wildman–Crippen MR) is 86.4 cm³/mol. The first-order chi connectivity index (χ1) is 10.0. The molecule has 2 rings (SSSR count). The van der Waals surface area contributed by atoms with E-state index in [1.165, 1.54) is 16.8 Å². The van der Waals surface area contributed by atoms with Gasteiger partial charge in [-0.3, -0.25) is 5.10 Å². The number of ether oxygens (including phenoxy) is 1. The zero-order chi connectivity index (χ0) is 15.3. The Morgan fingerprint density at radius 3 is 2.81 bits per heavy atom. The number of aromatic nitrogens is 2. The van der Waals surface area contributed by atoms with Crippen molar-refractivity contribution in [3.63, 3.8) is 0 Å². The lowest BCUT2D eigenvalue weighted by Crippen LogP contribution is -2.15. The fraction of sp³-hybridized carbons (Fsp3) is 0.471. The summed E-state index contributed by atoms with van der Waals surface area (Å²) in [6, 6.07) is 8.34. The highest BCUT2D eigenvalue weighted by molar-refractivity contribution is 5.46. The molecule has 114 valence electrons. The first-order valence-corrected chi connectivity index (χ1v) is 7.44. The molecular formula is C17H25N3O. The Bertz CT molecular complexity index is 569. The Balaban J connectivity index is 2.02. The van der Waals surface area contributed by atoms with E-state index in [-0.39, 0.29) is 5.41 Å². The number of nitrogens with zero attached hydrogens (tertiary/aromatic N) is 1. The van der Waals surface area contributed by atoms with Crippen LogP contribution in [0.5, 0.6) is 0 Å². The number of hydrogen-bond donors (Lipinski definition) is 2. The van der Waals surface area contributed by atoms with E-state index in [2.05, 4.69) is 60.6 Å². The van der Waals surface area contributed by atoms with Gasteiger partial charge in [-0.05, 0) is 24.6 Å². The number of rotatable bonds is 6. The third kappa shape index (κ3) is 4.33. The van der Waals surface area contributed by atoms with Crippen molar-refractivity contribution in [2.24, 2.45) is 0 Å². The highest BCUT2D eigenvalue weighted by Gasteiger charge is 2.19. The molecule has 0 aliphatic rings. The summed E-state index contributed by atoms with van der Waals surface area (Å²) in [6.45, 7) is 10.7. The molecule has 2 aromatic rings. The first kappa shape index (κ1) is 15.6. The maximum atomic E-state index is 5.45. The minimum Gasteiger partial charge on any atom is -0.381 e. The summed E-state index contributed by atoms with van der Waals surface area (Å²) in [5.41, 5.74) is 4.75. The Kier molecular flexibility index (Phi) is 5.02. The summed E-state index contributed by atoms with van der Waals surface area (Å²) in [5.74, 6) is 0. The second-order valence-corrected chi connectivity index (χ2v) is 6.21. The summed E-state index contributed by atoms with van der Waals surface area (Å²) in [7, 11) is 0. The van der Waals surface area contributed by atoms with Crippen molar-refractivity contribution in [2.75, 3.05) is 11.9 Å². The lowest BCUT2D eigenvalue weighted by atomic mass is 9.89. The number of H-pyrrole nitrogens is 1. The number of anilines is 1. The lowest BCUT2D eigenvalue weighted by molar-refractivity contribution is 0.134. The molecule has 0 fully saturated rings. The summed E-state index contributed by atoms with van der Waals surface area (Å²) < 4.78 is 5.45. The maximum absolute atomic E-state index is 5.45. The molecule has 2 N–H and O–H groups in total. The maximum Gasteiger partial charge on any atom is 0.0717 e. The van der Waals surface area contributed by atoms with Gasteiger partial charge in [0.15, 0.2) is 0 Å². The van der Waals surface area contributed by atoms with E-state index >= 15 is 0 Å². The molecule has 21 heavy (non-hydrogen) atoms. The van der Waals surface area contributed by atoms with Crippen LogP contribution in [0, 0.1) is 0 Å². The van der Waals surface area contributed by atoms with Gasteiger partial charge in [-0.2, -0.15) is 5.10 Å². The van der Waals surface area contributed by atoms with Crippen LogP contribution in [-0.4, -0.2) is 16.8 Å². The molecule has 4 heteroatoms. The average Bonchev–Trinajstić information content (AvgIpc) is 2.92. The standard InChI is InChI=1S/C17H25N3O/c1-5-21-12-13-7-6-8-15(9-13)18-10-14-11-19-20-16(14)17(2,3)4/h6-9,11,18H,5,10,12H2,1-4H3,(H,19,20). The van der Waals surface area contributed by atoms with Crippen LogP contribution in [0.2, 0.25) is 0 Å². The van der Waals surface area contributed by atoms with E-state index < -0.39 is 0 Å². The van der Waals surface area contributed by atoms with Crippen LogP contribution in [0.1, 0.15) is 44.5 Å². The molecular weight excluding hydrogens is 262 g/mol. The fourth-order valence-corrected chi connectivity index (χ4v) is 2.28. The van der Waals surface area contributed by atoms with Crippen LogP contribution >= 0.6 is 0 Å². The molecule has 0 saturated heterocycles. The Hall–Kier alpha value is -1.81. The van der Waals surface area contributed by atoms with Crippen molar-refractivity contribution in [1.82, 2.24) is 10.2 Å². The van der Waals surface area contributed by atoms with Crippen molar-refractivity contribution in [3.8, 4) is 0 Å². The van der Waals surface area contributed by atoms with Crippen molar-refractivity contribution in [2.45, 2.75) is 46.3 Å². The zero-order valence-corrected chi connectivity index (χ0v) is 13.4. The summed E-state index contributed by atoms with van der Waals surface area (Å²) in [5, 5.41) is 10.7. The fourth-order valence-electron chi connectivity index (χ4n) is 2.28. The van der Waals surface area contributed by atoms with Crippen molar-refractivity contribution in [3.05, 3.63) is 47.3 Å². The molecule has 0 atom stereocenters. The lowest BCUT2D eigenvalue weighted by Gasteiger charge is -2.18. The van der Waals surface area contributed by atoms with E-state index in [4.69, 9.17) is 4.74 Å². The summed E-state index contributed by atoms with van der Waals surface area (Å²) >= 11 is 0. The van der Waals surface area contributed by atoms with Crippen LogP contribution in [0.4, 0.5) is 5.69 Å². The van der Waals surface area contributed by atoms with Gasteiger partial charge in [-0.15, -0.1) is 0 Å². The van der Waals surface area contributed by atoms with Gasteiger partial charge >= 0.3 is 0 Å². The number of hydrogen-bond acceptors (Lipinski definition) is 3. The predicted octanol–water partition coefficient (Wildman–Crippen LogP) is 3.86. The molecule has 0 amide bonds. The van der Waals surface area contributed by atoms with E-state index in [1.807, 2.05) is 13.1 Å². The molecule has 0 radical (unpaired) electrons. The smallest absolute Gasteiger partial charge is 0.0717 e. The minimum atomic E-state index is 0.0737. The highest BCUT2D eigenvalue weighted by atomic mass is 16.5. The molecule has 0 aliphatic carbocycles. The van der Waals surface area contributed by atoms with Gasteiger partial charge in [0.1, 0.15) is 0 Å². The third-order valence-electron chi connectivity index (χ3n) is 3.35. The summed E-state index contributed by atoms with van der Waals surface area (Å²) in [4.78, 5) is 0. The zero-order valence-electron chi connectivity index (χ0n) is 13.4. The van der Waals surface area contributed by atoms with Gasteiger partial charge in [0.2, 0.25) is 0 Å². The van der Waals surface area contributed by atoms with E-state index in [1.54, 1.807) is 0 Å². The van der Waals surface area contributed by atoms with Gasteiger partial charge in [-0.1, -0.05) is 32.9 Å². The largest absolute Gasteiger partial charge is 0.381 e. The number of aromatic amines is 1. The summed E-state index contributed by atoms with van der Waals surface area (Å²) in [6.07, 6.45) is 1.90. The van der Waals surface area contributed by atoms with Crippen molar-refractivity contribution >= 4 is 5.69 Å². The van der Waals surface area contributed by atoms with Crippen molar-refractivity contribution < 1.29 is 4.74 Å².